The number of nitrogens with one attached hydrogen (secondary N) is 1. The highest BCUT2D eigenvalue weighted by atomic mass is 32.2. The van der Waals surface area contributed by atoms with E-state index in [1.54, 1.807) is 0 Å². The zero-order chi connectivity index (χ0) is 20.9. The van der Waals surface area contributed by atoms with Gasteiger partial charge in [0.05, 0.1) is 12.3 Å². The molecule has 0 unspecified atom stereocenters. The molecule has 0 aromatic heterocycles. The minimum atomic E-state index is -0.570. The van der Waals surface area contributed by atoms with E-state index in [1.807, 2.05) is 43.8 Å². The van der Waals surface area contributed by atoms with E-state index in [0.29, 0.717) is 6.61 Å². The number of hydrogen-bond donors (Lipinski definition) is 1. The molecule has 1 aliphatic heterocycles. The number of benzene rings is 2. The summed E-state index contributed by atoms with van der Waals surface area (Å²) in [5.74, 6) is 1.92. The predicted molar refractivity (Wildman–Crippen MR) is 120 cm³/mol. The third kappa shape index (κ3) is 5.08. The number of ether oxygens (including phenoxy) is 2. The quantitative estimate of drug-likeness (QED) is 0.361. The monoisotopic (exact) mass is 413 g/mol. The Balaban J connectivity index is 1.50. The second-order valence-corrected chi connectivity index (χ2v) is 8.74. The maximum atomic E-state index is 11.9. The van der Waals surface area contributed by atoms with E-state index in [9.17, 15) is 4.79 Å². The summed E-state index contributed by atoms with van der Waals surface area (Å²) in [7, 11) is 0. The molecule has 5 heteroatoms. The van der Waals surface area contributed by atoms with E-state index < -0.39 is 5.60 Å². The largest absolute Gasteiger partial charge is 0.494 e. The number of aryl methyl sites for hydroxylation is 2. The summed E-state index contributed by atoms with van der Waals surface area (Å²) in [4.78, 5) is 13.2. The Bertz CT molecular complexity index is 861. The lowest BCUT2D eigenvalue weighted by Gasteiger charge is -2.37. The number of rotatable bonds is 9. The molecule has 1 amide bonds. The maximum Gasteiger partial charge on any atom is 0.412 e. The van der Waals surface area contributed by atoms with Gasteiger partial charge in [-0.25, -0.2) is 4.79 Å². The third-order valence-electron chi connectivity index (χ3n) is 5.70. The topological polar surface area (TPSA) is 47.6 Å². The van der Waals surface area contributed by atoms with Gasteiger partial charge in [0.15, 0.2) is 0 Å². The summed E-state index contributed by atoms with van der Waals surface area (Å²) in [5.41, 5.74) is 3.95. The molecular weight excluding hydrogens is 382 g/mol. The molecule has 4 nitrogen and oxygen atoms in total. The molecule has 2 aromatic carbocycles. The molecule has 29 heavy (non-hydrogen) atoms. The van der Waals surface area contributed by atoms with Gasteiger partial charge >= 0.3 is 6.09 Å². The Morgan fingerprint density at radius 2 is 1.83 bits per heavy atom. The van der Waals surface area contributed by atoms with Crippen molar-refractivity contribution in [1.29, 1.82) is 0 Å². The number of cyclic esters (lactones) is 1. The molecule has 3 rings (SSSR count). The summed E-state index contributed by atoms with van der Waals surface area (Å²) in [6.07, 6.45) is 3.22. The average Bonchev–Trinajstić information content (AvgIpc) is 2.72. The van der Waals surface area contributed by atoms with E-state index in [0.717, 1.165) is 48.4 Å². The van der Waals surface area contributed by atoms with Gasteiger partial charge in [-0.3, -0.25) is 5.32 Å². The van der Waals surface area contributed by atoms with Crippen LogP contribution in [0, 0.1) is 13.8 Å². The maximum absolute atomic E-state index is 11.9. The minimum Gasteiger partial charge on any atom is -0.494 e. The average molecular weight is 414 g/mol. The second-order valence-electron chi connectivity index (χ2n) is 7.57. The highest BCUT2D eigenvalue weighted by molar-refractivity contribution is 7.99. The summed E-state index contributed by atoms with van der Waals surface area (Å²) in [6, 6.07) is 12.5. The summed E-state index contributed by atoms with van der Waals surface area (Å²) >= 11 is 1.90. The van der Waals surface area contributed by atoms with Crippen molar-refractivity contribution in [2.45, 2.75) is 63.9 Å². The van der Waals surface area contributed by atoms with E-state index in [2.05, 4.69) is 37.4 Å². The van der Waals surface area contributed by atoms with Gasteiger partial charge in [-0.15, -0.1) is 11.8 Å². The van der Waals surface area contributed by atoms with Gasteiger partial charge < -0.3 is 9.47 Å². The lowest BCUT2D eigenvalue weighted by Crippen LogP contribution is -2.38. The van der Waals surface area contributed by atoms with Crippen molar-refractivity contribution in [1.82, 2.24) is 0 Å². The van der Waals surface area contributed by atoms with Crippen LogP contribution in [0.4, 0.5) is 10.5 Å². The zero-order valence-corrected chi connectivity index (χ0v) is 18.7. The van der Waals surface area contributed by atoms with E-state index >= 15 is 0 Å². The number of carbonyl (C=O) groups excluding carboxylic acids is 1. The van der Waals surface area contributed by atoms with Gasteiger partial charge in [-0.05, 0) is 86.7 Å². The number of unbranched alkanes of at least 4 members (excludes halogenated alkanes) is 1. The molecule has 156 valence electrons. The predicted octanol–water partition coefficient (Wildman–Crippen LogP) is 6.83. The Morgan fingerprint density at radius 3 is 2.55 bits per heavy atom. The van der Waals surface area contributed by atoms with Crippen LogP contribution in [0.3, 0.4) is 0 Å². The van der Waals surface area contributed by atoms with Crippen LogP contribution in [-0.2, 0) is 10.3 Å². The number of anilines is 1. The van der Waals surface area contributed by atoms with Crippen LogP contribution < -0.4 is 10.1 Å². The number of amides is 1. The van der Waals surface area contributed by atoms with E-state index in [1.165, 1.54) is 16.0 Å². The Morgan fingerprint density at radius 1 is 1.03 bits per heavy atom. The van der Waals surface area contributed by atoms with Crippen LogP contribution in [0.5, 0.6) is 5.75 Å². The number of hydrogen-bond acceptors (Lipinski definition) is 4. The molecule has 0 saturated heterocycles. The lowest BCUT2D eigenvalue weighted by molar-refractivity contribution is 0.00453. The summed E-state index contributed by atoms with van der Waals surface area (Å²) < 4.78 is 11.7. The van der Waals surface area contributed by atoms with Crippen molar-refractivity contribution >= 4 is 23.5 Å². The molecule has 0 atom stereocenters. The number of thioether (sulfide) groups is 1. The van der Waals surface area contributed by atoms with Crippen LogP contribution in [-0.4, -0.2) is 18.5 Å². The second kappa shape index (κ2) is 9.57. The first-order chi connectivity index (χ1) is 14.0. The van der Waals surface area contributed by atoms with Crippen LogP contribution in [0.2, 0.25) is 0 Å². The van der Waals surface area contributed by atoms with Gasteiger partial charge in [0.25, 0.3) is 0 Å². The standard InChI is InChI=1S/C24H31NO3S/c1-5-24(6-2)21-16-19(10-12-22(21)25-23(26)28-24)27-13-7-8-14-29-20-11-9-17(3)18(4)15-20/h9-12,15-16H,5-8,13-14H2,1-4H3,(H,25,26). The van der Waals surface area contributed by atoms with Crippen LogP contribution in [0.15, 0.2) is 41.3 Å². The first kappa shape index (κ1) is 21.6. The fourth-order valence-electron chi connectivity index (χ4n) is 3.63. The minimum absolute atomic E-state index is 0.379. The molecule has 1 N–H and O–H groups in total. The Hall–Kier alpha value is -2.14. The molecule has 0 spiro atoms. The Kier molecular flexibility index (Phi) is 7.12. The van der Waals surface area contributed by atoms with Crippen LogP contribution in [0.25, 0.3) is 0 Å². The van der Waals surface area contributed by atoms with Crippen molar-refractivity contribution in [3.8, 4) is 5.75 Å². The highest BCUT2D eigenvalue weighted by Crippen LogP contribution is 2.42. The van der Waals surface area contributed by atoms with Crippen molar-refractivity contribution in [2.24, 2.45) is 0 Å². The highest BCUT2D eigenvalue weighted by Gasteiger charge is 2.39. The molecule has 0 bridgehead atoms. The van der Waals surface area contributed by atoms with E-state index in [4.69, 9.17) is 9.47 Å². The summed E-state index contributed by atoms with van der Waals surface area (Å²) in [5, 5.41) is 2.80. The van der Waals surface area contributed by atoms with Crippen molar-refractivity contribution < 1.29 is 14.3 Å². The first-order valence-electron chi connectivity index (χ1n) is 10.4. The zero-order valence-electron chi connectivity index (χ0n) is 17.8. The van der Waals surface area contributed by atoms with Gasteiger partial charge in [0.2, 0.25) is 0 Å². The fourth-order valence-corrected chi connectivity index (χ4v) is 4.64. The molecule has 0 aliphatic carbocycles. The van der Waals surface area contributed by atoms with Crippen molar-refractivity contribution in [2.75, 3.05) is 17.7 Å². The van der Waals surface area contributed by atoms with Crippen molar-refractivity contribution in [3.05, 3.63) is 53.1 Å². The van der Waals surface area contributed by atoms with Crippen LogP contribution >= 0.6 is 11.8 Å². The number of carbonyl (C=O) groups is 1. The third-order valence-corrected chi connectivity index (χ3v) is 6.78. The molecule has 0 fully saturated rings. The molecule has 0 radical (unpaired) electrons. The molecule has 1 aliphatic rings. The van der Waals surface area contributed by atoms with Gasteiger partial charge in [0, 0.05) is 10.5 Å². The molecule has 2 aromatic rings. The van der Waals surface area contributed by atoms with Crippen molar-refractivity contribution in [3.63, 3.8) is 0 Å². The molecular formula is C24H31NO3S. The number of fused-ring (bicyclic) bond motifs is 1. The SMILES string of the molecule is CCC1(CC)OC(=O)Nc2ccc(OCCCCSc3ccc(C)c(C)c3)cc21. The fraction of sp³-hybridized carbons (Fsp3) is 0.458. The van der Waals surface area contributed by atoms with Gasteiger partial charge in [-0.2, -0.15) is 0 Å². The lowest BCUT2D eigenvalue weighted by atomic mass is 9.86. The van der Waals surface area contributed by atoms with Crippen LogP contribution in [0.1, 0.15) is 56.2 Å². The summed E-state index contributed by atoms with van der Waals surface area (Å²) in [6.45, 7) is 9.09. The van der Waals surface area contributed by atoms with Gasteiger partial charge in [-0.1, -0.05) is 19.9 Å². The van der Waals surface area contributed by atoms with E-state index in [-0.39, 0.29) is 6.09 Å². The smallest absolute Gasteiger partial charge is 0.412 e. The molecule has 0 saturated carbocycles. The normalized spacial score (nSPS) is 14.7. The van der Waals surface area contributed by atoms with Gasteiger partial charge in [0.1, 0.15) is 11.4 Å². The Labute approximate surface area is 178 Å². The first-order valence-corrected chi connectivity index (χ1v) is 11.4. The molecule has 1 heterocycles.